The zero-order chi connectivity index (χ0) is 13.1. The van der Waals surface area contributed by atoms with Crippen LogP contribution in [0.1, 0.15) is 44.9 Å². The van der Waals surface area contributed by atoms with Gasteiger partial charge in [0, 0.05) is 25.7 Å². The molecule has 0 amide bonds. The second kappa shape index (κ2) is 6.11. The number of nitrogens with zero attached hydrogens (tertiary/aromatic N) is 2. The van der Waals surface area contributed by atoms with Crippen molar-refractivity contribution < 1.29 is 0 Å². The average Bonchev–Trinajstić information content (AvgIpc) is 3.10. The summed E-state index contributed by atoms with van der Waals surface area (Å²) in [4.78, 5) is 5.52. The molecule has 2 heterocycles. The summed E-state index contributed by atoms with van der Waals surface area (Å²) in [5.74, 6) is 0. The topological polar surface area (TPSA) is 18.5 Å². The van der Waals surface area contributed by atoms with Gasteiger partial charge in [-0.3, -0.25) is 4.90 Å². The monoisotopic (exact) mass is 265 g/mol. The molecule has 1 saturated carbocycles. The van der Waals surface area contributed by atoms with E-state index in [1.807, 2.05) is 0 Å². The van der Waals surface area contributed by atoms with E-state index in [4.69, 9.17) is 0 Å². The molecule has 2 saturated heterocycles. The van der Waals surface area contributed by atoms with Crippen LogP contribution in [0.5, 0.6) is 0 Å². The minimum Gasteiger partial charge on any atom is -0.319 e. The molecule has 2 aliphatic heterocycles. The van der Waals surface area contributed by atoms with Gasteiger partial charge in [-0.2, -0.15) is 0 Å². The second-order valence-corrected chi connectivity index (χ2v) is 7.16. The predicted octanol–water partition coefficient (Wildman–Crippen LogP) is 1.94. The fourth-order valence-electron chi connectivity index (χ4n) is 4.73. The average molecular weight is 265 g/mol. The van der Waals surface area contributed by atoms with Crippen LogP contribution in [0.3, 0.4) is 0 Å². The maximum atomic E-state index is 3.45. The van der Waals surface area contributed by atoms with E-state index >= 15 is 0 Å². The van der Waals surface area contributed by atoms with Crippen molar-refractivity contribution in [2.45, 2.75) is 51.0 Å². The first-order valence-corrected chi connectivity index (χ1v) is 8.42. The lowest BCUT2D eigenvalue weighted by molar-refractivity contribution is 0.160. The number of likely N-dealkylation sites (tertiary alicyclic amines) is 2. The van der Waals surface area contributed by atoms with Crippen molar-refractivity contribution in [1.82, 2.24) is 15.1 Å². The molecule has 3 rings (SSSR count). The Morgan fingerprint density at radius 3 is 2.47 bits per heavy atom. The quantitative estimate of drug-likeness (QED) is 0.819. The molecule has 0 spiro atoms. The Bertz CT molecular complexity index is 280. The lowest BCUT2D eigenvalue weighted by Gasteiger charge is -2.34. The van der Waals surface area contributed by atoms with Gasteiger partial charge in [0.2, 0.25) is 0 Å². The molecule has 3 nitrogen and oxygen atoms in total. The maximum Gasteiger partial charge on any atom is 0.0235 e. The fraction of sp³-hybridized carbons (Fsp3) is 1.00. The highest BCUT2D eigenvalue weighted by atomic mass is 15.3. The lowest BCUT2D eigenvalue weighted by atomic mass is 9.85. The summed E-state index contributed by atoms with van der Waals surface area (Å²) in [5.41, 5.74) is 0.592. The van der Waals surface area contributed by atoms with Crippen LogP contribution in [0.4, 0.5) is 0 Å². The molecule has 3 aliphatic rings. The first-order chi connectivity index (χ1) is 9.31. The Balaban J connectivity index is 1.52. The molecular formula is C16H31N3. The van der Waals surface area contributed by atoms with Gasteiger partial charge in [-0.1, -0.05) is 12.8 Å². The van der Waals surface area contributed by atoms with Crippen molar-refractivity contribution in [1.29, 1.82) is 0 Å². The van der Waals surface area contributed by atoms with Gasteiger partial charge in [0.25, 0.3) is 0 Å². The van der Waals surface area contributed by atoms with E-state index in [0.29, 0.717) is 5.41 Å². The SMILES string of the molecule is CNCC1(CN2CCC(N3CCCC3)C2)CCCC1. The Labute approximate surface area is 118 Å². The molecule has 3 heteroatoms. The predicted molar refractivity (Wildman–Crippen MR) is 80.5 cm³/mol. The van der Waals surface area contributed by atoms with Gasteiger partial charge < -0.3 is 10.2 Å². The van der Waals surface area contributed by atoms with Crippen molar-refractivity contribution in [2.24, 2.45) is 5.41 Å². The van der Waals surface area contributed by atoms with E-state index in [2.05, 4.69) is 22.2 Å². The molecule has 0 radical (unpaired) electrons. The van der Waals surface area contributed by atoms with Gasteiger partial charge in [-0.25, -0.2) is 0 Å². The highest BCUT2D eigenvalue weighted by molar-refractivity contribution is 4.93. The summed E-state index contributed by atoms with van der Waals surface area (Å²) in [6, 6.07) is 0.871. The molecular weight excluding hydrogens is 234 g/mol. The minimum absolute atomic E-state index is 0.592. The normalized spacial score (nSPS) is 32.4. The van der Waals surface area contributed by atoms with Gasteiger partial charge in [-0.15, -0.1) is 0 Å². The third-order valence-electron chi connectivity index (χ3n) is 5.68. The highest BCUT2D eigenvalue weighted by Crippen LogP contribution is 2.39. The highest BCUT2D eigenvalue weighted by Gasteiger charge is 2.38. The second-order valence-electron chi connectivity index (χ2n) is 7.16. The van der Waals surface area contributed by atoms with Crippen LogP contribution in [0.2, 0.25) is 0 Å². The molecule has 1 atom stereocenters. The maximum absolute atomic E-state index is 3.45. The van der Waals surface area contributed by atoms with Crippen LogP contribution in [0.25, 0.3) is 0 Å². The standard InChI is InChI=1S/C16H31N3/c1-17-13-16(7-2-3-8-16)14-18-11-6-15(12-18)19-9-4-5-10-19/h15,17H,2-14H2,1H3. The molecule has 0 aromatic carbocycles. The van der Waals surface area contributed by atoms with Crippen LogP contribution < -0.4 is 5.32 Å². The van der Waals surface area contributed by atoms with Crippen molar-refractivity contribution in [3.8, 4) is 0 Å². The summed E-state index contributed by atoms with van der Waals surface area (Å²) in [6.45, 7) is 7.97. The van der Waals surface area contributed by atoms with E-state index in [0.717, 1.165) is 6.04 Å². The van der Waals surface area contributed by atoms with E-state index in [-0.39, 0.29) is 0 Å². The van der Waals surface area contributed by atoms with Crippen LogP contribution >= 0.6 is 0 Å². The smallest absolute Gasteiger partial charge is 0.0235 e. The summed E-state index contributed by atoms with van der Waals surface area (Å²) in [7, 11) is 2.12. The van der Waals surface area contributed by atoms with Gasteiger partial charge in [-0.05, 0) is 64.2 Å². The number of rotatable bonds is 5. The molecule has 0 aromatic heterocycles. The van der Waals surface area contributed by atoms with Crippen LogP contribution in [-0.2, 0) is 0 Å². The van der Waals surface area contributed by atoms with E-state index in [9.17, 15) is 0 Å². The van der Waals surface area contributed by atoms with Crippen molar-refractivity contribution in [3.63, 3.8) is 0 Å². The van der Waals surface area contributed by atoms with E-state index in [1.165, 1.54) is 84.2 Å². The van der Waals surface area contributed by atoms with E-state index in [1.54, 1.807) is 0 Å². The summed E-state index contributed by atoms with van der Waals surface area (Å²) >= 11 is 0. The molecule has 1 unspecified atom stereocenters. The van der Waals surface area contributed by atoms with Crippen molar-refractivity contribution >= 4 is 0 Å². The molecule has 0 bridgehead atoms. The van der Waals surface area contributed by atoms with Crippen LogP contribution in [-0.4, -0.2) is 62.2 Å². The Hall–Kier alpha value is -0.120. The van der Waals surface area contributed by atoms with Crippen LogP contribution in [0, 0.1) is 5.41 Å². The Morgan fingerprint density at radius 2 is 1.79 bits per heavy atom. The summed E-state index contributed by atoms with van der Waals surface area (Å²) in [6.07, 6.45) is 10.1. The fourth-order valence-corrected chi connectivity index (χ4v) is 4.73. The van der Waals surface area contributed by atoms with Gasteiger partial charge in [0.15, 0.2) is 0 Å². The number of hydrogen-bond acceptors (Lipinski definition) is 3. The largest absolute Gasteiger partial charge is 0.319 e. The van der Waals surface area contributed by atoms with Gasteiger partial charge in [0.05, 0.1) is 0 Å². The Morgan fingerprint density at radius 1 is 1.05 bits per heavy atom. The first kappa shape index (κ1) is 13.8. The van der Waals surface area contributed by atoms with Gasteiger partial charge >= 0.3 is 0 Å². The number of nitrogens with one attached hydrogen (secondary N) is 1. The number of hydrogen-bond donors (Lipinski definition) is 1. The van der Waals surface area contributed by atoms with Gasteiger partial charge in [0.1, 0.15) is 0 Å². The van der Waals surface area contributed by atoms with E-state index < -0.39 is 0 Å². The molecule has 3 fully saturated rings. The first-order valence-electron chi connectivity index (χ1n) is 8.42. The molecule has 1 N–H and O–H groups in total. The zero-order valence-corrected chi connectivity index (χ0v) is 12.7. The zero-order valence-electron chi connectivity index (χ0n) is 12.7. The molecule has 110 valence electrons. The molecule has 0 aromatic rings. The summed E-state index contributed by atoms with van der Waals surface area (Å²) in [5, 5.41) is 3.45. The lowest BCUT2D eigenvalue weighted by Crippen LogP contribution is -2.42. The third-order valence-corrected chi connectivity index (χ3v) is 5.68. The molecule has 19 heavy (non-hydrogen) atoms. The molecule has 1 aliphatic carbocycles. The minimum atomic E-state index is 0.592. The van der Waals surface area contributed by atoms with Crippen molar-refractivity contribution in [2.75, 3.05) is 46.3 Å². The van der Waals surface area contributed by atoms with Crippen molar-refractivity contribution in [3.05, 3.63) is 0 Å². The summed E-state index contributed by atoms with van der Waals surface area (Å²) < 4.78 is 0. The third kappa shape index (κ3) is 3.14. The van der Waals surface area contributed by atoms with Crippen LogP contribution in [0.15, 0.2) is 0 Å². The Kier molecular flexibility index (Phi) is 4.45.